The van der Waals surface area contributed by atoms with E-state index in [0.717, 1.165) is 51.6 Å². The standard InChI is InChI=1S/C27H33FN6O2S/c1-18-15-20(34-37(35)21-8-3-2-4-9-21)16-23(28)25(18)36-26-22(10-6-13-30-26)24-11-14-31-27(33-24)32-19-7-5-12-29-17-19/h6,10-11,13-16,19,21,29,34H,2-5,7-9,12,17H2,1H3,(H,31,32,33). The van der Waals surface area contributed by atoms with Crippen LogP contribution < -0.4 is 20.1 Å². The number of piperidine rings is 1. The molecule has 2 unspecified atom stereocenters. The number of nitrogens with one attached hydrogen (secondary N) is 3. The molecule has 10 heteroatoms. The summed E-state index contributed by atoms with van der Waals surface area (Å²) in [5.41, 5.74) is 2.32. The quantitative estimate of drug-likeness (QED) is 0.365. The smallest absolute Gasteiger partial charge is 0.228 e. The van der Waals surface area contributed by atoms with Crippen molar-refractivity contribution in [1.29, 1.82) is 0 Å². The lowest BCUT2D eigenvalue weighted by Crippen LogP contribution is -2.38. The number of hydrogen-bond acceptors (Lipinski definition) is 7. The van der Waals surface area contributed by atoms with E-state index in [1.165, 1.54) is 12.5 Å². The highest BCUT2D eigenvalue weighted by molar-refractivity contribution is 7.87. The van der Waals surface area contributed by atoms with E-state index in [9.17, 15) is 4.21 Å². The van der Waals surface area contributed by atoms with Gasteiger partial charge < -0.3 is 20.1 Å². The van der Waals surface area contributed by atoms with Gasteiger partial charge in [-0.3, -0.25) is 0 Å². The molecule has 2 atom stereocenters. The molecule has 5 rings (SSSR count). The highest BCUT2D eigenvalue weighted by Crippen LogP contribution is 2.35. The maximum atomic E-state index is 15.2. The predicted molar refractivity (Wildman–Crippen MR) is 145 cm³/mol. The third-order valence-corrected chi connectivity index (χ3v) is 8.35. The fourth-order valence-electron chi connectivity index (χ4n) is 4.90. The van der Waals surface area contributed by atoms with Crippen molar-refractivity contribution in [2.75, 3.05) is 23.1 Å². The highest BCUT2D eigenvalue weighted by Gasteiger charge is 2.22. The summed E-state index contributed by atoms with van der Waals surface area (Å²) in [6.07, 6.45) is 10.7. The van der Waals surface area contributed by atoms with Gasteiger partial charge in [-0.05, 0) is 69.0 Å². The van der Waals surface area contributed by atoms with Crippen LogP contribution in [0.15, 0.2) is 42.7 Å². The average Bonchev–Trinajstić information content (AvgIpc) is 2.92. The van der Waals surface area contributed by atoms with E-state index < -0.39 is 16.8 Å². The first-order chi connectivity index (χ1) is 18.1. The van der Waals surface area contributed by atoms with Crippen LogP contribution in [-0.2, 0) is 11.0 Å². The van der Waals surface area contributed by atoms with Gasteiger partial charge in [0.1, 0.15) is 11.0 Å². The first kappa shape index (κ1) is 25.5. The van der Waals surface area contributed by atoms with Crippen LogP contribution in [0.5, 0.6) is 11.6 Å². The molecule has 2 aliphatic rings. The summed E-state index contributed by atoms with van der Waals surface area (Å²) in [5.74, 6) is 0.314. The second kappa shape index (κ2) is 12.0. The molecule has 1 aliphatic carbocycles. The monoisotopic (exact) mass is 524 g/mol. The van der Waals surface area contributed by atoms with Crippen molar-refractivity contribution in [3.8, 4) is 22.9 Å². The summed E-state index contributed by atoms with van der Waals surface area (Å²) < 4.78 is 37.0. The zero-order chi connectivity index (χ0) is 25.6. The summed E-state index contributed by atoms with van der Waals surface area (Å²) in [6.45, 7) is 3.66. The Labute approximate surface area is 219 Å². The first-order valence-electron chi connectivity index (χ1n) is 13.0. The molecule has 37 heavy (non-hydrogen) atoms. The van der Waals surface area contributed by atoms with Gasteiger partial charge in [-0.25, -0.2) is 23.6 Å². The maximum absolute atomic E-state index is 15.2. The number of ether oxygens (including phenoxy) is 1. The summed E-state index contributed by atoms with van der Waals surface area (Å²) >= 11 is 0. The lowest BCUT2D eigenvalue weighted by molar-refractivity contribution is 0.426. The highest BCUT2D eigenvalue weighted by atomic mass is 32.2. The van der Waals surface area contributed by atoms with Gasteiger partial charge in [0, 0.05) is 36.7 Å². The molecule has 1 aromatic carbocycles. The second-order valence-electron chi connectivity index (χ2n) is 9.67. The van der Waals surface area contributed by atoms with E-state index in [-0.39, 0.29) is 22.9 Å². The van der Waals surface area contributed by atoms with E-state index in [2.05, 4.69) is 30.3 Å². The Balaban J connectivity index is 1.34. The van der Waals surface area contributed by atoms with Gasteiger partial charge in [-0.1, -0.05) is 19.3 Å². The third-order valence-electron chi connectivity index (χ3n) is 6.83. The van der Waals surface area contributed by atoms with Crippen LogP contribution in [0, 0.1) is 12.7 Å². The third kappa shape index (κ3) is 6.42. The number of nitrogens with zero attached hydrogens (tertiary/aromatic N) is 3. The minimum absolute atomic E-state index is 0.0784. The predicted octanol–water partition coefficient (Wildman–Crippen LogP) is 5.35. The van der Waals surface area contributed by atoms with Crippen molar-refractivity contribution >= 4 is 22.6 Å². The molecule has 0 spiro atoms. The minimum atomic E-state index is -1.25. The van der Waals surface area contributed by atoms with Gasteiger partial charge in [-0.15, -0.1) is 0 Å². The van der Waals surface area contributed by atoms with Crippen molar-refractivity contribution in [2.24, 2.45) is 0 Å². The van der Waals surface area contributed by atoms with Crippen LogP contribution in [0.3, 0.4) is 0 Å². The Morgan fingerprint density at radius 2 is 1.95 bits per heavy atom. The van der Waals surface area contributed by atoms with Gasteiger partial charge in [0.05, 0.1) is 16.5 Å². The first-order valence-corrected chi connectivity index (χ1v) is 14.2. The molecule has 1 saturated heterocycles. The van der Waals surface area contributed by atoms with Crippen LogP contribution in [0.2, 0.25) is 0 Å². The molecule has 2 aromatic heterocycles. The van der Waals surface area contributed by atoms with Crippen molar-refractivity contribution in [3.63, 3.8) is 0 Å². The molecule has 3 aromatic rings. The van der Waals surface area contributed by atoms with E-state index in [0.29, 0.717) is 28.5 Å². The normalized spacial score (nSPS) is 19.2. The molecule has 1 aliphatic heterocycles. The van der Waals surface area contributed by atoms with E-state index in [1.54, 1.807) is 37.5 Å². The van der Waals surface area contributed by atoms with Crippen LogP contribution >= 0.6 is 0 Å². The lowest BCUT2D eigenvalue weighted by Gasteiger charge is -2.23. The summed E-state index contributed by atoms with van der Waals surface area (Å²) in [4.78, 5) is 13.4. The van der Waals surface area contributed by atoms with Gasteiger partial charge in [0.15, 0.2) is 11.6 Å². The Hall–Kier alpha value is -3.11. The Kier molecular flexibility index (Phi) is 8.25. The zero-order valence-electron chi connectivity index (χ0n) is 21.0. The molecule has 0 amide bonds. The molecule has 3 heterocycles. The van der Waals surface area contributed by atoms with Crippen LogP contribution in [0.1, 0.15) is 50.5 Å². The van der Waals surface area contributed by atoms with E-state index in [1.807, 2.05) is 6.07 Å². The fourth-order valence-corrected chi connectivity index (χ4v) is 6.18. The van der Waals surface area contributed by atoms with Gasteiger partial charge >= 0.3 is 0 Å². The van der Waals surface area contributed by atoms with Crippen molar-refractivity contribution in [1.82, 2.24) is 20.3 Å². The van der Waals surface area contributed by atoms with Crippen molar-refractivity contribution < 1.29 is 13.3 Å². The number of anilines is 2. The summed E-state index contributed by atoms with van der Waals surface area (Å²) in [7, 11) is -1.25. The molecule has 2 fully saturated rings. The number of pyridine rings is 1. The van der Waals surface area contributed by atoms with Gasteiger partial charge in [0.2, 0.25) is 11.8 Å². The molecular formula is C27H33FN6O2S. The molecular weight excluding hydrogens is 491 g/mol. The minimum Gasteiger partial charge on any atom is -0.435 e. The van der Waals surface area contributed by atoms with Crippen molar-refractivity contribution in [3.05, 3.63) is 54.1 Å². The number of hydrogen-bond donors (Lipinski definition) is 3. The van der Waals surface area contributed by atoms with Gasteiger partial charge in [0.25, 0.3) is 0 Å². The topological polar surface area (TPSA) is 101 Å². The van der Waals surface area contributed by atoms with Crippen LogP contribution in [-0.4, -0.2) is 43.5 Å². The molecule has 1 saturated carbocycles. The molecule has 196 valence electrons. The summed E-state index contributed by atoms with van der Waals surface area (Å²) in [6, 6.07) is 8.77. The zero-order valence-corrected chi connectivity index (χ0v) is 21.8. The Bertz CT molecular complexity index is 1220. The van der Waals surface area contributed by atoms with Crippen LogP contribution in [0.4, 0.5) is 16.0 Å². The Morgan fingerprint density at radius 1 is 1.08 bits per heavy atom. The average molecular weight is 525 g/mol. The number of benzene rings is 1. The van der Waals surface area contributed by atoms with E-state index in [4.69, 9.17) is 4.74 Å². The van der Waals surface area contributed by atoms with Crippen molar-refractivity contribution in [2.45, 2.75) is 63.2 Å². The Morgan fingerprint density at radius 3 is 2.73 bits per heavy atom. The lowest BCUT2D eigenvalue weighted by atomic mass is 10.0. The summed E-state index contributed by atoms with van der Waals surface area (Å²) in [5, 5.41) is 6.86. The molecule has 3 N–H and O–H groups in total. The second-order valence-corrected chi connectivity index (χ2v) is 11.1. The number of rotatable bonds is 8. The van der Waals surface area contributed by atoms with Crippen LogP contribution in [0.25, 0.3) is 11.3 Å². The maximum Gasteiger partial charge on any atom is 0.228 e. The molecule has 0 bridgehead atoms. The number of halogens is 1. The SMILES string of the molecule is Cc1cc(NS(=O)C2CCCCC2)cc(F)c1Oc1ncccc1-c1ccnc(NC2CCCNC2)n1. The molecule has 8 nitrogen and oxygen atoms in total. The van der Waals surface area contributed by atoms with E-state index >= 15 is 4.39 Å². The fraction of sp³-hybridized carbons (Fsp3) is 0.444. The molecule has 0 radical (unpaired) electrons. The number of aryl methyl sites for hydroxylation is 1. The number of aromatic nitrogens is 3. The largest absolute Gasteiger partial charge is 0.435 e. The van der Waals surface area contributed by atoms with Gasteiger partial charge in [-0.2, -0.15) is 0 Å².